The third-order valence-electron chi connectivity index (χ3n) is 0.521. The van der Waals surface area contributed by atoms with Gasteiger partial charge in [-0.3, -0.25) is 4.79 Å². The van der Waals surface area contributed by atoms with E-state index < -0.39 is 5.97 Å². The highest BCUT2D eigenvalue weighted by Gasteiger charge is 1.95. The lowest BCUT2D eigenvalue weighted by molar-refractivity contribution is -0.136. The van der Waals surface area contributed by atoms with Gasteiger partial charge in [0.25, 0.3) is 0 Å². The SMILES string of the molecule is N/C(=C\S)CC(=O)O. The number of hydrogen-bond acceptors (Lipinski definition) is 3. The number of hydrogen-bond donors (Lipinski definition) is 3. The van der Waals surface area contributed by atoms with Crippen LogP contribution in [-0.4, -0.2) is 11.1 Å². The molecule has 0 fully saturated rings. The molecule has 0 aromatic heterocycles. The van der Waals surface area contributed by atoms with E-state index in [1.807, 2.05) is 0 Å². The lowest BCUT2D eigenvalue weighted by atomic mass is 10.4. The minimum Gasteiger partial charge on any atom is -0.481 e. The van der Waals surface area contributed by atoms with Gasteiger partial charge in [-0.15, -0.1) is 12.6 Å². The molecule has 0 spiro atoms. The van der Waals surface area contributed by atoms with Gasteiger partial charge in [0, 0.05) is 5.70 Å². The van der Waals surface area contributed by atoms with Gasteiger partial charge in [0.05, 0.1) is 6.42 Å². The first kappa shape index (κ1) is 7.36. The largest absolute Gasteiger partial charge is 0.481 e. The van der Waals surface area contributed by atoms with Crippen molar-refractivity contribution in [2.24, 2.45) is 5.73 Å². The Hall–Kier alpha value is -0.640. The summed E-state index contributed by atoms with van der Waals surface area (Å²) in [6.07, 6.45) is -0.135. The van der Waals surface area contributed by atoms with E-state index in [1.165, 1.54) is 5.41 Å². The Labute approximate surface area is 52.6 Å². The molecule has 0 rings (SSSR count). The molecule has 0 aliphatic carbocycles. The van der Waals surface area contributed by atoms with Crippen LogP contribution in [0.4, 0.5) is 0 Å². The molecule has 0 unspecified atom stereocenters. The minimum atomic E-state index is -0.937. The van der Waals surface area contributed by atoms with Gasteiger partial charge < -0.3 is 10.8 Å². The maximum Gasteiger partial charge on any atom is 0.309 e. The van der Waals surface area contributed by atoms with E-state index in [0.717, 1.165) is 0 Å². The van der Waals surface area contributed by atoms with Crippen molar-refractivity contribution in [2.45, 2.75) is 6.42 Å². The fourth-order valence-electron chi connectivity index (χ4n) is 0.220. The number of carbonyl (C=O) groups is 1. The summed E-state index contributed by atoms with van der Waals surface area (Å²) in [7, 11) is 0. The van der Waals surface area contributed by atoms with Crippen LogP contribution in [0.5, 0.6) is 0 Å². The van der Waals surface area contributed by atoms with Crippen LogP contribution in [0, 0.1) is 0 Å². The third-order valence-corrected chi connectivity index (χ3v) is 0.853. The maximum absolute atomic E-state index is 9.81. The molecular formula is C4H7NO2S. The molecule has 0 saturated heterocycles. The molecule has 46 valence electrons. The molecule has 0 bridgehead atoms. The van der Waals surface area contributed by atoms with E-state index in [9.17, 15) is 4.79 Å². The molecule has 8 heavy (non-hydrogen) atoms. The number of nitrogens with two attached hydrogens (primary N) is 1. The monoisotopic (exact) mass is 133 g/mol. The Morgan fingerprint density at radius 3 is 2.50 bits per heavy atom. The second kappa shape index (κ2) is 3.37. The van der Waals surface area contributed by atoms with Crippen LogP contribution in [0.25, 0.3) is 0 Å². The lowest BCUT2D eigenvalue weighted by Crippen LogP contribution is -2.03. The number of rotatable bonds is 2. The lowest BCUT2D eigenvalue weighted by Gasteiger charge is -1.90. The van der Waals surface area contributed by atoms with Gasteiger partial charge in [0.15, 0.2) is 0 Å². The van der Waals surface area contributed by atoms with E-state index >= 15 is 0 Å². The molecule has 0 atom stereocenters. The van der Waals surface area contributed by atoms with Gasteiger partial charge in [-0.25, -0.2) is 0 Å². The molecule has 0 radical (unpaired) electrons. The number of carboxylic acids is 1. The zero-order chi connectivity index (χ0) is 6.57. The van der Waals surface area contributed by atoms with Crippen LogP contribution in [0.15, 0.2) is 11.1 Å². The molecule has 3 nitrogen and oxygen atoms in total. The summed E-state index contributed by atoms with van der Waals surface area (Å²) in [5.74, 6) is -0.937. The molecule has 3 N–H and O–H groups in total. The molecular weight excluding hydrogens is 126 g/mol. The molecule has 0 amide bonds. The predicted octanol–water partition coefficient (Wildman–Crippen LogP) is 0.191. The van der Waals surface area contributed by atoms with Crippen molar-refractivity contribution in [1.82, 2.24) is 0 Å². The average molecular weight is 133 g/mol. The summed E-state index contributed by atoms with van der Waals surface area (Å²) >= 11 is 3.64. The predicted molar refractivity (Wildman–Crippen MR) is 33.5 cm³/mol. The maximum atomic E-state index is 9.81. The molecule has 0 aromatic carbocycles. The second-order valence-corrected chi connectivity index (χ2v) is 1.53. The molecule has 4 heteroatoms. The van der Waals surface area contributed by atoms with Crippen LogP contribution in [0.2, 0.25) is 0 Å². The van der Waals surface area contributed by atoms with Crippen molar-refractivity contribution in [3.8, 4) is 0 Å². The van der Waals surface area contributed by atoms with E-state index in [4.69, 9.17) is 10.8 Å². The van der Waals surface area contributed by atoms with Crippen molar-refractivity contribution < 1.29 is 9.90 Å². The quantitative estimate of drug-likeness (QED) is 0.471. The number of aliphatic carboxylic acids is 1. The molecule has 0 aromatic rings. The second-order valence-electron chi connectivity index (χ2n) is 1.27. The fraction of sp³-hybridized carbons (Fsp3) is 0.250. The van der Waals surface area contributed by atoms with Gasteiger partial charge in [0.1, 0.15) is 0 Å². The Morgan fingerprint density at radius 1 is 1.88 bits per heavy atom. The molecule has 0 saturated carbocycles. The third kappa shape index (κ3) is 3.55. The normalized spacial score (nSPS) is 11.4. The first-order chi connectivity index (χ1) is 3.66. The van der Waals surface area contributed by atoms with Crippen molar-refractivity contribution in [2.75, 3.05) is 0 Å². The zero-order valence-electron chi connectivity index (χ0n) is 4.16. The summed E-state index contributed by atoms with van der Waals surface area (Å²) in [5.41, 5.74) is 5.34. The average Bonchev–Trinajstić information content (AvgIpc) is 1.65. The summed E-state index contributed by atoms with van der Waals surface area (Å²) < 4.78 is 0. The number of thiol groups is 1. The van der Waals surface area contributed by atoms with Crippen LogP contribution in [0.3, 0.4) is 0 Å². The van der Waals surface area contributed by atoms with Gasteiger partial charge in [-0.1, -0.05) is 0 Å². The van der Waals surface area contributed by atoms with E-state index in [1.54, 1.807) is 0 Å². The number of carboxylic acid groups (broad SMARTS) is 1. The highest BCUT2D eigenvalue weighted by molar-refractivity contribution is 7.83. The summed E-state index contributed by atoms with van der Waals surface area (Å²) in [5, 5.41) is 9.33. The summed E-state index contributed by atoms with van der Waals surface area (Å²) in [6.45, 7) is 0. The standard InChI is InChI=1S/C4H7NO2S/c5-3(2-8)1-4(6)7/h2,8H,1,5H2,(H,6,7)/b3-2-. The topological polar surface area (TPSA) is 63.3 Å². The highest BCUT2D eigenvalue weighted by atomic mass is 32.1. The van der Waals surface area contributed by atoms with E-state index in [0.29, 0.717) is 0 Å². The molecule has 0 heterocycles. The fourth-order valence-corrected chi connectivity index (χ4v) is 0.312. The van der Waals surface area contributed by atoms with E-state index in [-0.39, 0.29) is 12.1 Å². The van der Waals surface area contributed by atoms with Crippen molar-refractivity contribution in [1.29, 1.82) is 0 Å². The Kier molecular flexibility index (Phi) is 3.10. The van der Waals surface area contributed by atoms with Crippen molar-refractivity contribution in [3.05, 3.63) is 11.1 Å². The van der Waals surface area contributed by atoms with Gasteiger partial charge in [-0.05, 0) is 5.41 Å². The Balaban J connectivity index is 3.56. The van der Waals surface area contributed by atoms with Crippen LogP contribution < -0.4 is 5.73 Å². The first-order valence-corrected chi connectivity index (χ1v) is 2.49. The van der Waals surface area contributed by atoms with Gasteiger partial charge >= 0.3 is 5.97 Å². The van der Waals surface area contributed by atoms with Crippen LogP contribution in [-0.2, 0) is 4.79 Å². The van der Waals surface area contributed by atoms with Crippen molar-refractivity contribution >= 4 is 18.6 Å². The van der Waals surface area contributed by atoms with Crippen molar-refractivity contribution in [3.63, 3.8) is 0 Å². The Bertz CT molecular complexity index is 121. The minimum absolute atomic E-state index is 0.135. The first-order valence-electron chi connectivity index (χ1n) is 1.97. The highest BCUT2D eigenvalue weighted by Crippen LogP contribution is 1.92. The van der Waals surface area contributed by atoms with Gasteiger partial charge in [-0.2, -0.15) is 0 Å². The Morgan fingerprint density at radius 2 is 2.38 bits per heavy atom. The van der Waals surface area contributed by atoms with Crippen LogP contribution >= 0.6 is 12.6 Å². The van der Waals surface area contributed by atoms with Gasteiger partial charge in [0.2, 0.25) is 0 Å². The summed E-state index contributed by atoms with van der Waals surface area (Å²) in [6, 6.07) is 0. The summed E-state index contributed by atoms with van der Waals surface area (Å²) in [4.78, 5) is 9.81. The van der Waals surface area contributed by atoms with E-state index in [2.05, 4.69) is 12.6 Å². The zero-order valence-corrected chi connectivity index (χ0v) is 5.06. The molecule has 0 aliphatic heterocycles. The van der Waals surface area contributed by atoms with Crippen LogP contribution in [0.1, 0.15) is 6.42 Å². The molecule has 0 aliphatic rings. The smallest absolute Gasteiger partial charge is 0.309 e.